The molecule has 6 atom stereocenters. The van der Waals surface area contributed by atoms with Crippen molar-refractivity contribution in [3.05, 3.63) is 42.5 Å². The monoisotopic (exact) mass is 625 g/mol. The Morgan fingerprint density at radius 3 is 2.57 bits per heavy atom. The predicted octanol–water partition coefficient (Wildman–Crippen LogP) is 3.60. The second-order valence-corrected chi connectivity index (χ2v) is 15.6. The van der Waals surface area contributed by atoms with Gasteiger partial charge in [0.25, 0.3) is 0 Å². The highest BCUT2D eigenvalue weighted by molar-refractivity contribution is 7.89. The van der Waals surface area contributed by atoms with E-state index in [9.17, 15) is 13.2 Å². The summed E-state index contributed by atoms with van der Waals surface area (Å²) in [5.74, 6) is 0.694. The zero-order valence-corrected chi connectivity index (χ0v) is 27.6. The van der Waals surface area contributed by atoms with Crippen LogP contribution in [0, 0.1) is 23.2 Å². The number of sulfonamides is 1. The van der Waals surface area contributed by atoms with Gasteiger partial charge in [0.15, 0.2) is 5.96 Å². The van der Waals surface area contributed by atoms with Crippen molar-refractivity contribution in [1.29, 1.82) is 0 Å². The van der Waals surface area contributed by atoms with Crippen molar-refractivity contribution in [3.63, 3.8) is 0 Å². The van der Waals surface area contributed by atoms with E-state index in [0.717, 1.165) is 18.2 Å². The van der Waals surface area contributed by atoms with Gasteiger partial charge in [-0.15, -0.1) is 0 Å². The second-order valence-electron chi connectivity index (χ2n) is 13.9. The van der Waals surface area contributed by atoms with Crippen LogP contribution in [0.15, 0.2) is 52.4 Å². The molecular weight excluding hydrogens is 577 g/mol. The summed E-state index contributed by atoms with van der Waals surface area (Å²) in [5, 5.41) is 7.54. The molecule has 3 saturated carbocycles. The molecule has 12 heteroatoms. The van der Waals surface area contributed by atoms with Crippen molar-refractivity contribution in [3.8, 4) is 0 Å². The average molecular weight is 626 g/mol. The highest BCUT2D eigenvalue weighted by Gasteiger charge is 2.68. The van der Waals surface area contributed by atoms with Crippen LogP contribution >= 0.6 is 0 Å². The Morgan fingerprint density at radius 2 is 1.86 bits per heavy atom. The molecule has 1 amide bonds. The molecule has 2 aromatic carbocycles. The Hall–Kier alpha value is -2.67. The Labute approximate surface area is 262 Å². The van der Waals surface area contributed by atoms with Crippen LogP contribution in [-0.4, -0.2) is 64.7 Å². The number of hydrogen-bond donors (Lipinski definition) is 4. The Balaban J connectivity index is 1.36. The molecule has 1 heterocycles. The molecule has 6 rings (SSSR count). The summed E-state index contributed by atoms with van der Waals surface area (Å²) in [6.07, 6.45) is 3.42. The van der Waals surface area contributed by atoms with Gasteiger partial charge in [-0.2, -0.15) is 4.72 Å². The molecule has 1 saturated heterocycles. The molecule has 0 aromatic heterocycles. The number of nitrogens with one attached hydrogen (secondary N) is 3. The first-order valence-corrected chi connectivity index (χ1v) is 17.3. The molecular formula is C32H48BN5O5S. The fourth-order valence-electron chi connectivity index (χ4n) is 7.63. The number of carbonyl (C=O) groups excluding carboxylic acids is 1. The SMILES string of the molecule is CN=C(N)NCCC[C@H](NS(=O)(=O)c1cccc2ccccc12)C(=O)N[C@@H](CC(C)C)B1O[C@@H]2C[C@@H]3C[C@@H](C3(C)C)[C@]2(C)O1. The van der Waals surface area contributed by atoms with E-state index in [4.69, 9.17) is 15.0 Å². The van der Waals surface area contributed by atoms with Crippen molar-refractivity contribution in [2.75, 3.05) is 13.6 Å². The van der Waals surface area contributed by atoms with Gasteiger partial charge >= 0.3 is 7.12 Å². The zero-order valence-electron chi connectivity index (χ0n) is 26.8. The average Bonchev–Trinajstić information content (AvgIpc) is 3.34. The van der Waals surface area contributed by atoms with Crippen LogP contribution in [0.1, 0.15) is 66.7 Å². The molecule has 44 heavy (non-hydrogen) atoms. The largest absolute Gasteiger partial charge is 0.481 e. The molecule has 2 bridgehead atoms. The van der Waals surface area contributed by atoms with Gasteiger partial charge in [-0.1, -0.05) is 64.1 Å². The molecule has 5 N–H and O–H groups in total. The third kappa shape index (κ3) is 6.36. The third-order valence-corrected chi connectivity index (χ3v) is 11.7. The fourth-order valence-corrected chi connectivity index (χ4v) is 9.09. The van der Waals surface area contributed by atoms with Crippen molar-refractivity contribution in [1.82, 2.24) is 15.4 Å². The standard InChI is InChI=1S/C32H48BN5O5S/c1-20(2)17-28(33-42-27-19-22-18-26(31(22,3)4)32(27,5)43-33)37-29(39)24(14-10-16-36-30(34)35-6)38-44(40,41)25-15-9-12-21-11-7-8-13-23(21)25/h7-9,11-13,15,20,22,24,26-28,38H,10,14,16-19H2,1-6H3,(H,37,39)(H3,34,35,36)/t22-,24-,26-,27+,28-,32-/m0/s1. The topological polar surface area (TPSA) is 144 Å². The van der Waals surface area contributed by atoms with E-state index in [1.165, 1.54) is 0 Å². The molecule has 0 unspecified atom stereocenters. The van der Waals surface area contributed by atoms with E-state index >= 15 is 0 Å². The van der Waals surface area contributed by atoms with Gasteiger partial charge in [0.2, 0.25) is 15.9 Å². The van der Waals surface area contributed by atoms with E-state index in [1.807, 2.05) is 18.2 Å². The van der Waals surface area contributed by atoms with Crippen LogP contribution < -0.4 is 21.1 Å². The maximum atomic E-state index is 14.0. The van der Waals surface area contributed by atoms with Crippen molar-refractivity contribution >= 4 is 39.8 Å². The Kier molecular flexibility index (Phi) is 9.38. The first kappa shape index (κ1) is 32.7. The number of nitrogens with zero attached hydrogens (tertiary/aromatic N) is 1. The van der Waals surface area contributed by atoms with Crippen LogP contribution in [0.4, 0.5) is 0 Å². The van der Waals surface area contributed by atoms with Gasteiger partial charge in [0.05, 0.1) is 22.5 Å². The van der Waals surface area contributed by atoms with E-state index in [0.29, 0.717) is 36.6 Å². The lowest BCUT2D eigenvalue weighted by Gasteiger charge is -2.64. The number of aliphatic imine (C=N–C) groups is 1. The fraction of sp³-hybridized carbons (Fsp3) is 0.625. The van der Waals surface area contributed by atoms with E-state index in [1.54, 1.807) is 31.3 Å². The maximum absolute atomic E-state index is 14.0. The van der Waals surface area contributed by atoms with Gasteiger partial charge in [-0.3, -0.25) is 9.79 Å². The van der Waals surface area contributed by atoms with E-state index in [-0.39, 0.29) is 34.7 Å². The van der Waals surface area contributed by atoms with Crippen LogP contribution in [0.2, 0.25) is 0 Å². The van der Waals surface area contributed by atoms with Gasteiger partial charge in [0.1, 0.15) is 6.04 Å². The Morgan fingerprint density at radius 1 is 1.14 bits per heavy atom. The number of amides is 1. The summed E-state index contributed by atoms with van der Waals surface area (Å²) < 4.78 is 43.6. The number of carbonyl (C=O) groups is 1. The normalized spacial score (nSPS) is 27.5. The number of fused-ring (bicyclic) bond motifs is 1. The number of hydrogen-bond acceptors (Lipinski definition) is 6. The van der Waals surface area contributed by atoms with Gasteiger partial charge < -0.3 is 25.7 Å². The van der Waals surface area contributed by atoms with Gasteiger partial charge in [-0.05, 0) is 73.6 Å². The summed E-state index contributed by atoms with van der Waals surface area (Å²) in [6.45, 7) is 11.4. The molecule has 10 nitrogen and oxygen atoms in total. The summed E-state index contributed by atoms with van der Waals surface area (Å²) in [6, 6.07) is 11.4. The molecule has 3 aliphatic carbocycles. The summed E-state index contributed by atoms with van der Waals surface area (Å²) in [7, 11) is -3.08. The lowest BCUT2D eigenvalue weighted by molar-refractivity contribution is -0.199. The molecule has 2 aromatic rings. The molecule has 0 spiro atoms. The first-order valence-electron chi connectivity index (χ1n) is 15.9. The molecule has 4 fully saturated rings. The number of benzene rings is 2. The molecule has 240 valence electrons. The minimum Gasteiger partial charge on any atom is -0.404 e. The van der Waals surface area contributed by atoms with Gasteiger partial charge in [0, 0.05) is 19.0 Å². The molecule has 4 aliphatic rings. The number of rotatable bonds is 12. The van der Waals surface area contributed by atoms with Crippen molar-refractivity contribution in [2.45, 2.75) is 95.3 Å². The van der Waals surface area contributed by atoms with Gasteiger partial charge in [-0.25, -0.2) is 8.42 Å². The first-order chi connectivity index (χ1) is 20.8. The summed E-state index contributed by atoms with van der Waals surface area (Å²) >= 11 is 0. The quantitative estimate of drug-likeness (QED) is 0.122. The van der Waals surface area contributed by atoms with Crippen molar-refractivity contribution in [2.24, 2.45) is 33.9 Å². The lowest BCUT2D eigenvalue weighted by Crippen LogP contribution is -2.65. The maximum Gasteiger partial charge on any atom is 0.481 e. The lowest BCUT2D eigenvalue weighted by atomic mass is 9.43. The van der Waals surface area contributed by atoms with Crippen LogP contribution in [0.25, 0.3) is 10.8 Å². The smallest absolute Gasteiger partial charge is 0.404 e. The summed E-state index contributed by atoms with van der Waals surface area (Å²) in [5.41, 5.74) is 5.56. The van der Waals surface area contributed by atoms with E-state index in [2.05, 4.69) is 55.0 Å². The van der Waals surface area contributed by atoms with Crippen LogP contribution in [0.5, 0.6) is 0 Å². The third-order valence-electron chi connectivity index (χ3n) is 10.2. The highest BCUT2D eigenvalue weighted by Crippen LogP contribution is 2.65. The minimum absolute atomic E-state index is 0.0201. The number of nitrogens with two attached hydrogens (primary N) is 1. The van der Waals surface area contributed by atoms with E-state index < -0.39 is 40.6 Å². The van der Waals surface area contributed by atoms with Crippen molar-refractivity contribution < 1.29 is 22.5 Å². The molecule has 1 aliphatic heterocycles. The molecule has 0 radical (unpaired) electrons. The highest BCUT2D eigenvalue weighted by atomic mass is 32.2. The summed E-state index contributed by atoms with van der Waals surface area (Å²) in [4.78, 5) is 18.0. The van der Waals surface area contributed by atoms with Crippen LogP contribution in [0.3, 0.4) is 0 Å². The zero-order chi connectivity index (χ0) is 31.9. The van der Waals surface area contributed by atoms with Crippen LogP contribution in [-0.2, 0) is 24.1 Å². The second kappa shape index (κ2) is 12.6. The number of guanidine groups is 1. The Bertz CT molecular complexity index is 1500. The minimum atomic E-state index is -4.05. The predicted molar refractivity (Wildman–Crippen MR) is 174 cm³/mol.